The van der Waals surface area contributed by atoms with Gasteiger partial charge in [-0.2, -0.15) is 4.98 Å². The van der Waals surface area contributed by atoms with Crippen LogP contribution in [0.2, 0.25) is 0 Å². The molecular formula is C10H14N4O. The second kappa shape index (κ2) is 4.25. The van der Waals surface area contributed by atoms with Gasteiger partial charge in [0.05, 0.1) is 0 Å². The fraction of sp³-hybridized carbons (Fsp3) is 0.500. The molecule has 2 heterocycles. The molecule has 0 saturated carbocycles. The first-order chi connectivity index (χ1) is 7.29. The maximum atomic E-state index is 5.14. The van der Waals surface area contributed by atoms with Gasteiger partial charge in [-0.05, 0) is 13.3 Å². The van der Waals surface area contributed by atoms with E-state index in [4.69, 9.17) is 4.52 Å². The maximum Gasteiger partial charge on any atom is 0.246 e. The second-order valence-electron chi connectivity index (χ2n) is 3.46. The Balaban J connectivity index is 2.08. The Morgan fingerprint density at radius 3 is 3.00 bits per heavy atom. The number of hydrogen-bond donors (Lipinski definition) is 0. The van der Waals surface area contributed by atoms with E-state index in [1.54, 1.807) is 6.20 Å². The molecule has 2 aromatic heterocycles. The van der Waals surface area contributed by atoms with E-state index in [1.165, 1.54) is 0 Å². The number of nitrogens with zero attached hydrogens (tertiary/aromatic N) is 4. The van der Waals surface area contributed by atoms with Crippen LogP contribution >= 0.6 is 0 Å². The van der Waals surface area contributed by atoms with Crippen LogP contribution in [0.5, 0.6) is 0 Å². The summed E-state index contributed by atoms with van der Waals surface area (Å²) in [5.74, 6) is 2.37. The van der Waals surface area contributed by atoms with Crippen LogP contribution in [0.1, 0.15) is 30.9 Å². The van der Waals surface area contributed by atoms with Crippen LogP contribution in [-0.2, 0) is 13.0 Å². The van der Waals surface area contributed by atoms with Crippen molar-refractivity contribution in [2.45, 2.75) is 33.2 Å². The van der Waals surface area contributed by atoms with Gasteiger partial charge >= 0.3 is 0 Å². The van der Waals surface area contributed by atoms with E-state index in [0.717, 1.165) is 24.5 Å². The zero-order valence-corrected chi connectivity index (χ0v) is 8.97. The lowest BCUT2D eigenvalue weighted by molar-refractivity contribution is 0.365. The van der Waals surface area contributed by atoms with Gasteiger partial charge < -0.3 is 9.09 Å². The van der Waals surface area contributed by atoms with E-state index in [1.807, 2.05) is 17.7 Å². The average molecular weight is 206 g/mol. The molecule has 0 atom stereocenters. The molecule has 0 N–H and O–H groups in total. The average Bonchev–Trinajstić information content (AvgIpc) is 2.79. The van der Waals surface area contributed by atoms with Crippen molar-refractivity contribution < 1.29 is 4.52 Å². The molecule has 0 aromatic carbocycles. The van der Waals surface area contributed by atoms with Crippen LogP contribution < -0.4 is 0 Å². The summed E-state index contributed by atoms with van der Waals surface area (Å²) in [6, 6.07) is 0. The van der Waals surface area contributed by atoms with Gasteiger partial charge in [-0.3, -0.25) is 0 Å². The van der Waals surface area contributed by atoms with Gasteiger partial charge in [-0.1, -0.05) is 12.1 Å². The van der Waals surface area contributed by atoms with E-state index in [-0.39, 0.29) is 0 Å². The van der Waals surface area contributed by atoms with Crippen molar-refractivity contribution in [2.24, 2.45) is 0 Å². The molecule has 5 nitrogen and oxygen atoms in total. The van der Waals surface area contributed by atoms with Crippen LogP contribution in [0.3, 0.4) is 0 Å². The van der Waals surface area contributed by atoms with Gasteiger partial charge in [-0.25, -0.2) is 4.98 Å². The Morgan fingerprint density at radius 1 is 1.47 bits per heavy atom. The summed E-state index contributed by atoms with van der Waals surface area (Å²) in [5, 5.41) is 3.90. The molecule has 0 unspecified atom stereocenters. The minimum atomic E-state index is 0.600. The van der Waals surface area contributed by atoms with Crippen molar-refractivity contribution in [2.75, 3.05) is 0 Å². The van der Waals surface area contributed by atoms with Crippen molar-refractivity contribution in [1.82, 2.24) is 19.7 Å². The van der Waals surface area contributed by atoms with Crippen molar-refractivity contribution in [3.05, 3.63) is 29.9 Å². The van der Waals surface area contributed by atoms with E-state index in [2.05, 4.69) is 22.0 Å². The van der Waals surface area contributed by atoms with Gasteiger partial charge in [-0.15, -0.1) is 0 Å². The first-order valence-electron chi connectivity index (χ1n) is 5.08. The lowest BCUT2D eigenvalue weighted by Crippen LogP contribution is -2.01. The summed E-state index contributed by atoms with van der Waals surface area (Å²) in [7, 11) is 0. The smallest absolute Gasteiger partial charge is 0.246 e. The van der Waals surface area contributed by atoms with Gasteiger partial charge in [0.2, 0.25) is 5.89 Å². The molecule has 0 saturated heterocycles. The van der Waals surface area contributed by atoms with Crippen LogP contribution in [-0.4, -0.2) is 19.7 Å². The Labute approximate surface area is 88.1 Å². The molecule has 0 bridgehead atoms. The molecule has 0 aliphatic rings. The molecule has 0 fully saturated rings. The van der Waals surface area contributed by atoms with Crippen molar-refractivity contribution >= 4 is 0 Å². The van der Waals surface area contributed by atoms with Crippen LogP contribution in [0.25, 0.3) is 0 Å². The zero-order chi connectivity index (χ0) is 10.7. The van der Waals surface area contributed by atoms with Crippen molar-refractivity contribution in [3.63, 3.8) is 0 Å². The molecule has 15 heavy (non-hydrogen) atoms. The lowest BCUT2D eigenvalue weighted by atomic mass is 10.3. The molecular weight excluding hydrogens is 192 g/mol. The maximum absolute atomic E-state index is 5.14. The predicted octanol–water partition coefficient (Wildman–Crippen LogP) is 1.58. The fourth-order valence-electron chi connectivity index (χ4n) is 1.40. The molecule has 5 heteroatoms. The second-order valence-corrected chi connectivity index (χ2v) is 3.46. The zero-order valence-electron chi connectivity index (χ0n) is 8.97. The molecule has 0 spiro atoms. The highest BCUT2D eigenvalue weighted by molar-refractivity contribution is 4.94. The Hall–Kier alpha value is -1.65. The Morgan fingerprint density at radius 2 is 2.33 bits per heavy atom. The highest BCUT2D eigenvalue weighted by Crippen LogP contribution is 2.04. The number of hydrogen-bond acceptors (Lipinski definition) is 4. The van der Waals surface area contributed by atoms with Gasteiger partial charge in [0.1, 0.15) is 12.4 Å². The first kappa shape index (κ1) is 9.89. The quantitative estimate of drug-likeness (QED) is 0.762. The third-order valence-electron chi connectivity index (χ3n) is 2.21. The van der Waals surface area contributed by atoms with E-state index in [9.17, 15) is 0 Å². The third kappa shape index (κ3) is 2.23. The number of imidazole rings is 1. The molecule has 0 radical (unpaired) electrons. The van der Waals surface area contributed by atoms with E-state index in [0.29, 0.717) is 12.4 Å². The molecule has 2 rings (SSSR count). The minimum absolute atomic E-state index is 0.600. The van der Waals surface area contributed by atoms with Crippen LogP contribution in [0.4, 0.5) is 0 Å². The largest absolute Gasteiger partial charge is 0.337 e. The van der Waals surface area contributed by atoms with Crippen molar-refractivity contribution in [3.8, 4) is 0 Å². The molecule has 0 aliphatic heterocycles. The molecule has 80 valence electrons. The minimum Gasteiger partial charge on any atom is -0.337 e. The molecule has 2 aromatic rings. The predicted molar refractivity (Wildman–Crippen MR) is 54.4 cm³/mol. The van der Waals surface area contributed by atoms with E-state index < -0.39 is 0 Å². The van der Waals surface area contributed by atoms with Gasteiger partial charge in [0.25, 0.3) is 0 Å². The summed E-state index contributed by atoms with van der Waals surface area (Å²) in [6.07, 6.45) is 5.56. The third-order valence-corrected chi connectivity index (χ3v) is 2.21. The Kier molecular flexibility index (Phi) is 2.80. The normalized spacial score (nSPS) is 10.8. The standard InChI is InChI=1S/C10H14N4O/c1-3-4-9-12-10(15-13-9)7-14-6-5-11-8(14)2/h5-6H,3-4,7H2,1-2H3. The number of aryl methyl sites for hydroxylation is 2. The highest BCUT2D eigenvalue weighted by Gasteiger charge is 2.06. The summed E-state index contributed by atoms with van der Waals surface area (Å²) in [5.41, 5.74) is 0. The van der Waals surface area contributed by atoms with Gasteiger partial charge in [0, 0.05) is 18.8 Å². The van der Waals surface area contributed by atoms with Crippen LogP contribution in [0, 0.1) is 6.92 Å². The topological polar surface area (TPSA) is 56.7 Å². The lowest BCUT2D eigenvalue weighted by Gasteiger charge is -1.98. The summed E-state index contributed by atoms with van der Waals surface area (Å²) in [4.78, 5) is 8.42. The summed E-state index contributed by atoms with van der Waals surface area (Å²) < 4.78 is 7.11. The van der Waals surface area contributed by atoms with Gasteiger partial charge in [0.15, 0.2) is 5.82 Å². The molecule has 0 aliphatic carbocycles. The SMILES string of the molecule is CCCc1noc(Cn2ccnc2C)n1. The Bertz CT molecular complexity index is 432. The summed E-state index contributed by atoms with van der Waals surface area (Å²) >= 11 is 0. The van der Waals surface area contributed by atoms with Crippen molar-refractivity contribution in [1.29, 1.82) is 0 Å². The fourth-order valence-corrected chi connectivity index (χ4v) is 1.40. The van der Waals surface area contributed by atoms with Crippen LogP contribution in [0.15, 0.2) is 16.9 Å². The summed E-state index contributed by atoms with van der Waals surface area (Å²) in [6.45, 7) is 4.64. The number of aromatic nitrogens is 4. The molecule has 0 amide bonds. The highest BCUT2D eigenvalue weighted by atomic mass is 16.5. The van der Waals surface area contributed by atoms with E-state index >= 15 is 0 Å². The monoisotopic (exact) mass is 206 g/mol. The number of rotatable bonds is 4. The first-order valence-corrected chi connectivity index (χ1v) is 5.08.